The Bertz CT molecular complexity index is 840. The van der Waals surface area contributed by atoms with Crippen LogP contribution in [0.5, 0.6) is 0 Å². The number of fused-ring (bicyclic) bond motifs is 2. The second-order valence-corrected chi connectivity index (χ2v) is 8.57. The first-order valence-electron chi connectivity index (χ1n) is 9.98. The summed E-state index contributed by atoms with van der Waals surface area (Å²) in [5.74, 6) is 2.79. The zero-order valence-corrected chi connectivity index (χ0v) is 16.2. The van der Waals surface area contributed by atoms with Crippen LogP contribution < -0.4 is 0 Å². The minimum Gasteiger partial charge on any atom is -0.469 e. The van der Waals surface area contributed by atoms with Gasteiger partial charge in [0.2, 0.25) is 0 Å². The molecule has 3 atom stereocenters. The molecule has 0 aliphatic heterocycles. The largest absolute Gasteiger partial charge is 0.469 e. The smallest absolute Gasteiger partial charge is 0.142 e. The number of carbonyl (C=O) groups is 1. The molecule has 3 heteroatoms. The Balaban J connectivity index is 1.47. The summed E-state index contributed by atoms with van der Waals surface area (Å²) in [7, 11) is 0. The van der Waals surface area contributed by atoms with Gasteiger partial charge in [0.05, 0.1) is 12.5 Å². The predicted octanol–water partition coefficient (Wildman–Crippen LogP) is 5.93. The Morgan fingerprint density at radius 2 is 1.81 bits per heavy atom. The molecule has 142 valence electrons. The van der Waals surface area contributed by atoms with E-state index < -0.39 is 0 Å². The van der Waals surface area contributed by atoms with Crippen LogP contribution in [0.3, 0.4) is 0 Å². The Morgan fingerprint density at radius 1 is 1.11 bits per heavy atom. The van der Waals surface area contributed by atoms with Crippen molar-refractivity contribution in [2.24, 2.45) is 16.7 Å². The second-order valence-electron chi connectivity index (χ2n) is 8.57. The Morgan fingerprint density at radius 3 is 2.48 bits per heavy atom. The van der Waals surface area contributed by atoms with E-state index >= 15 is 0 Å². The van der Waals surface area contributed by atoms with Crippen molar-refractivity contribution in [1.29, 1.82) is 0 Å². The number of furan rings is 2. The maximum Gasteiger partial charge on any atom is 0.142 e. The highest BCUT2D eigenvalue weighted by atomic mass is 16.3. The average molecular weight is 364 g/mol. The lowest BCUT2D eigenvalue weighted by molar-refractivity contribution is -0.131. The number of hydrogen-bond donors (Lipinski definition) is 0. The van der Waals surface area contributed by atoms with Crippen molar-refractivity contribution in [2.75, 3.05) is 0 Å². The molecule has 2 unspecified atom stereocenters. The van der Waals surface area contributed by atoms with Crippen molar-refractivity contribution in [1.82, 2.24) is 0 Å². The van der Waals surface area contributed by atoms with Crippen molar-refractivity contribution >= 4 is 5.78 Å². The van der Waals surface area contributed by atoms with Crippen LogP contribution in [-0.2, 0) is 17.6 Å². The molecule has 2 heterocycles. The van der Waals surface area contributed by atoms with Crippen LogP contribution in [0.1, 0.15) is 51.1 Å². The van der Waals surface area contributed by atoms with E-state index in [9.17, 15) is 4.79 Å². The standard InChI is InChI=1S/C24H28O3/c1-23-16-19(7-3-4-8-20-9-5-13-26-20)24(2,17-23)18(15-22(23)25)11-12-21-10-6-14-27-21/h3,5-7,9-10,13-14,16,18H,4,8,11-12,15,17H2,1-2H3/b7-3+/t18-,23?,24?/m1/s1. The van der Waals surface area contributed by atoms with Crippen LogP contribution in [0.25, 0.3) is 0 Å². The van der Waals surface area contributed by atoms with Gasteiger partial charge in [-0.2, -0.15) is 0 Å². The maximum absolute atomic E-state index is 12.8. The van der Waals surface area contributed by atoms with Crippen LogP contribution in [0.2, 0.25) is 0 Å². The fraction of sp³-hybridized carbons (Fsp3) is 0.458. The summed E-state index contributed by atoms with van der Waals surface area (Å²) >= 11 is 0. The van der Waals surface area contributed by atoms with Crippen LogP contribution in [-0.4, -0.2) is 5.78 Å². The van der Waals surface area contributed by atoms with E-state index in [0.717, 1.165) is 43.6 Å². The highest BCUT2D eigenvalue weighted by Crippen LogP contribution is 2.59. The molecule has 4 rings (SSSR count). The molecule has 1 saturated carbocycles. The Labute approximate surface area is 161 Å². The molecule has 2 aromatic heterocycles. The maximum atomic E-state index is 12.8. The summed E-state index contributed by atoms with van der Waals surface area (Å²) in [5.41, 5.74) is 1.10. The third kappa shape index (κ3) is 3.47. The summed E-state index contributed by atoms with van der Waals surface area (Å²) in [4.78, 5) is 12.8. The van der Waals surface area contributed by atoms with Gasteiger partial charge in [-0.1, -0.05) is 25.2 Å². The van der Waals surface area contributed by atoms with Crippen molar-refractivity contribution in [3.8, 4) is 0 Å². The zero-order chi connectivity index (χ0) is 18.9. The molecule has 3 nitrogen and oxygen atoms in total. The van der Waals surface area contributed by atoms with Gasteiger partial charge >= 0.3 is 0 Å². The molecular weight excluding hydrogens is 336 g/mol. The van der Waals surface area contributed by atoms with E-state index in [-0.39, 0.29) is 10.8 Å². The molecule has 0 spiro atoms. The minimum atomic E-state index is -0.295. The lowest BCUT2D eigenvalue weighted by atomic mass is 9.60. The molecule has 2 aliphatic rings. The van der Waals surface area contributed by atoms with Gasteiger partial charge in [-0.05, 0) is 67.4 Å². The van der Waals surface area contributed by atoms with Gasteiger partial charge < -0.3 is 8.83 Å². The molecular formula is C24H28O3. The van der Waals surface area contributed by atoms with Gasteiger partial charge in [0.15, 0.2) is 0 Å². The van der Waals surface area contributed by atoms with E-state index in [4.69, 9.17) is 8.83 Å². The van der Waals surface area contributed by atoms with E-state index in [2.05, 4.69) is 32.1 Å². The molecule has 0 saturated heterocycles. The highest BCUT2D eigenvalue weighted by molar-refractivity contribution is 5.89. The molecule has 2 aliphatic carbocycles. The SMILES string of the molecule is CC12C=C(/C=C/CCc3ccco3)C(C)(C1)[C@H](CCc1ccco1)CC2=O. The third-order valence-electron chi connectivity index (χ3n) is 6.59. The van der Waals surface area contributed by atoms with E-state index in [1.54, 1.807) is 12.5 Å². The van der Waals surface area contributed by atoms with Gasteiger partial charge in [-0.25, -0.2) is 0 Å². The van der Waals surface area contributed by atoms with Crippen molar-refractivity contribution < 1.29 is 13.6 Å². The minimum absolute atomic E-state index is 0.0659. The van der Waals surface area contributed by atoms with Crippen LogP contribution in [0.4, 0.5) is 0 Å². The summed E-state index contributed by atoms with van der Waals surface area (Å²) in [6.07, 6.45) is 15.5. The Kier molecular flexibility index (Phi) is 4.71. The van der Waals surface area contributed by atoms with E-state index in [1.165, 1.54) is 5.57 Å². The van der Waals surface area contributed by atoms with Gasteiger partial charge in [-0.3, -0.25) is 4.79 Å². The summed E-state index contributed by atoms with van der Waals surface area (Å²) in [6.45, 7) is 4.46. The van der Waals surface area contributed by atoms with Crippen LogP contribution >= 0.6 is 0 Å². The summed E-state index contributed by atoms with van der Waals surface area (Å²) in [6, 6.07) is 7.90. The number of ketones is 1. The number of aryl methyl sites for hydroxylation is 2. The first kappa shape index (κ1) is 18.1. The highest BCUT2D eigenvalue weighted by Gasteiger charge is 2.54. The van der Waals surface area contributed by atoms with Crippen molar-refractivity contribution in [2.45, 2.75) is 52.4 Å². The van der Waals surface area contributed by atoms with Crippen molar-refractivity contribution in [3.63, 3.8) is 0 Å². The molecule has 0 amide bonds. The second kappa shape index (κ2) is 7.03. The first-order chi connectivity index (χ1) is 13.0. The van der Waals surface area contributed by atoms with E-state index in [0.29, 0.717) is 18.1 Å². The van der Waals surface area contributed by atoms with E-state index in [1.807, 2.05) is 24.3 Å². The fourth-order valence-corrected chi connectivity index (χ4v) is 4.99. The normalized spacial score (nSPS) is 30.2. The molecule has 2 aromatic rings. The molecule has 1 fully saturated rings. The topological polar surface area (TPSA) is 43.4 Å². The number of carbonyl (C=O) groups excluding carboxylic acids is 1. The number of rotatable bonds is 7. The predicted molar refractivity (Wildman–Crippen MR) is 105 cm³/mol. The Hall–Kier alpha value is -2.29. The lowest BCUT2D eigenvalue weighted by Gasteiger charge is -2.42. The fourth-order valence-electron chi connectivity index (χ4n) is 4.99. The zero-order valence-electron chi connectivity index (χ0n) is 16.2. The molecule has 0 aromatic carbocycles. The van der Waals surface area contributed by atoms with Crippen LogP contribution in [0, 0.1) is 16.7 Å². The van der Waals surface area contributed by atoms with Gasteiger partial charge in [0.25, 0.3) is 0 Å². The average Bonchev–Trinajstić information content (AvgIpc) is 3.36. The van der Waals surface area contributed by atoms with Crippen molar-refractivity contribution in [3.05, 3.63) is 72.1 Å². The molecule has 0 radical (unpaired) electrons. The summed E-state index contributed by atoms with van der Waals surface area (Å²) < 4.78 is 10.9. The number of hydrogen-bond acceptors (Lipinski definition) is 3. The molecule has 2 bridgehead atoms. The third-order valence-corrected chi connectivity index (χ3v) is 6.59. The number of allylic oxidation sites excluding steroid dienone is 4. The molecule has 0 N–H and O–H groups in total. The van der Waals surface area contributed by atoms with Crippen LogP contribution in [0.15, 0.2) is 69.4 Å². The quantitative estimate of drug-likeness (QED) is 0.612. The first-order valence-corrected chi connectivity index (χ1v) is 9.98. The monoisotopic (exact) mass is 364 g/mol. The lowest BCUT2D eigenvalue weighted by Crippen LogP contribution is -2.40. The van der Waals surface area contributed by atoms with Gasteiger partial charge in [-0.15, -0.1) is 0 Å². The van der Waals surface area contributed by atoms with Gasteiger partial charge in [0, 0.05) is 24.7 Å². The molecule has 27 heavy (non-hydrogen) atoms. The summed E-state index contributed by atoms with van der Waals surface area (Å²) in [5, 5.41) is 0. The number of Topliss-reactive ketones (excluding diaryl/α,β-unsaturated/α-hetero) is 1. The van der Waals surface area contributed by atoms with Gasteiger partial charge in [0.1, 0.15) is 17.3 Å².